The lowest BCUT2D eigenvalue weighted by molar-refractivity contribution is -0.136. The van der Waals surface area contributed by atoms with Crippen molar-refractivity contribution in [1.29, 1.82) is 0 Å². The van der Waals surface area contributed by atoms with Crippen molar-refractivity contribution in [3.05, 3.63) is 23.0 Å². The Morgan fingerprint density at radius 1 is 1.69 bits per heavy atom. The fourth-order valence-electron chi connectivity index (χ4n) is 1.60. The van der Waals surface area contributed by atoms with E-state index < -0.39 is 11.6 Å². The molecule has 4 N–H and O–H groups in total. The maximum atomic E-state index is 11.2. The Morgan fingerprint density at radius 3 is 2.81 bits per heavy atom. The molecule has 0 fully saturated rings. The average molecular weight is 226 g/mol. The van der Waals surface area contributed by atoms with E-state index in [2.05, 4.69) is 4.74 Å². The van der Waals surface area contributed by atoms with Gasteiger partial charge in [0.15, 0.2) is 0 Å². The van der Waals surface area contributed by atoms with Crippen LogP contribution in [0.5, 0.6) is 0 Å². The Morgan fingerprint density at radius 2 is 2.31 bits per heavy atom. The molecule has 1 unspecified atom stereocenters. The molecule has 0 saturated carbocycles. The Hall–Kier alpha value is -1.49. The first-order valence-electron chi connectivity index (χ1n) is 5.13. The van der Waals surface area contributed by atoms with Gasteiger partial charge in [0.2, 0.25) is 0 Å². The third kappa shape index (κ3) is 2.19. The van der Waals surface area contributed by atoms with Crippen LogP contribution in [0.25, 0.3) is 0 Å². The van der Waals surface area contributed by atoms with Gasteiger partial charge >= 0.3 is 5.97 Å². The Balaban J connectivity index is 3.03. The highest BCUT2D eigenvalue weighted by Crippen LogP contribution is 2.33. The van der Waals surface area contributed by atoms with Crippen LogP contribution in [0.15, 0.2) is 23.0 Å². The van der Waals surface area contributed by atoms with E-state index >= 15 is 0 Å². The summed E-state index contributed by atoms with van der Waals surface area (Å²) in [5.41, 5.74) is 12.3. The molecular formula is C11H18N2O3. The number of esters is 1. The molecule has 0 aromatic heterocycles. The first-order chi connectivity index (χ1) is 7.44. The molecule has 90 valence electrons. The topological polar surface area (TPSA) is 87.6 Å². The molecule has 0 aliphatic carbocycles. The van der Waals surface area contributed by atoms with Crippen molar-refractivity contribution in [1.82, 2.24) is 0 Å². The van der Waals surface area contributed by atoms with Crippen LogP contribution in [0, 0.1) is 0 Å². The molecule has 0 amide bonds. The molecule has 0 bridgehead atoms. The summed E-state index contributed by atoms with van der Waals surface area (Å²) in [7, 11) is 1.28. The fourth-order valence-corrected chi connectivity index (χ4v) is 1.60. The average Bonchev–Trinajstić information content (AvgIpc) is 2.57. The highest BCUT2D eigenvalue weighted by Gasteiger charge is 2.34. The van der Waals surface area contributed by atoms with E-state index in [1.54, 1.807) is 0 Å². The van der Waals surface area contributed by atoms with Gasteiger partial charge in [0, 0.05) is 11.3 Å². The van der Waals surface area contributed by atoms with E-state index in [-0.39, 0.29) is 5.70 Å². The molecule has 0 aromatic rings. The largest absolute Gasteiger partial charge is 0.464 e. The summed E-state index contributed by atoms with van der Waals surface area (Å²) in [5.74, 6) is -0.564. The second-order valence-corrected chi connectivity index (χ2v) is 3.90. The highest BCUT2D eigenvalue weighted by molar-refractivity contribution is 5.88. The van der Waals surface area contributed by atoms with Crippen LogP contribution in [-0.2, 0) is 14.3 Å². The standard InChI is InChI=1S/C11H18N2O3/c1-4-11(2)7(9(13)6-16-11)5-8(12)10(14)15-3/h5H,4,6,12-13H2,1-3H3/b8-5-. The highest BCUT2D eigenvalue weighted by atomic mass is 16.5. The van der Waals surface area contributed by atoms with E-state index in [9.17, 15) is 4.79 Å². The molecule has 1 heterocycles. The van der Waals surface area contributed by atoms with E-state index in [1.165, 1.54) is 13.2 Å². The van der Waals surface area contributed by atoms with E-state index in [4.69, 9.17) is 16.2 Å². The number of rotatable bonds is 3. The second kappa shape index (κ2) is 4.57. The van der Waals surface area contributed by atoms with Crippen molar-refractivity contribution in [2.45, 2.75) is 25.9 Å². The maximum Gasteiger partial charge on any atom is 0.353 e. The summed E-state index contributed by atoms with van der Waals surface area (Å²) in [4.78, 5) is 11.2. The molecule has 1 atom stereocenters. The summed E-state index contributed by atoms with van der Waals surface area (Å²) in [6, 6.07) is 0. The first-order valence-corrected chi connectivity index (χ1v) is 5.13. The zero-order valence-corrected chi connectivity index (χ0v) is 9.87. The van der Waals surface area contributed by atoms with Crippen molar-refractivity contribution in [2.75, 3.05) is 13.7 Å². The van der Waals surface area contributed by atoms with E-state index in [0.717, 1.165) is 12.0 Å². The number of carbonyl (C=O) groups is 1. The van der Waals surface area contributed by atoms with Crippen LogP contribution in [0.4, 0.5) is 0 Å². The zero-order chi connectivity index (χ0) is 12.3. The fraction of sp³-hybridized carbons (Fsp3) is 0.545. The Kier molecular flexibility index (Phi) is 3.59. The quantitative estimate of drug-likeness (QED) is 0.537. The summed E-state index contributed by atoms with van der Waals surface area (Å²) in [6.07, 6.45) is 2.30. The molecule has 16 heavy (non-hydrogen) atoms. The predicted molar refractivity (Wildman–Crippen MR) is 60.1 cm³/mol. The molecule has 1 aliphatic rings. The molecule has 0 saturated heterocycles. The van der Waals surface area contributed by atoms with Crippen LogP contribution in [0.2, 0.25) is 0 Å². The SMILES string of the molecule is CCC1(C)OCC(N)=C1/C=C(\N)C(=O)OC. The van der Waals surface area contributed by atoms with Crippen LogP contribution < -0.4 is 11.5 Å². The van der Waals surface area contributed by atoms with Gasteiger partial charge < -0.3 is 20.9 Å². The van der Waals surface area contributed by atoms with Crippen LogP contribution in [0.3, 0.4) is 0 Å². The third-order valence-electron chi connectivity index (χ3n) is 2.86. The molecule has 0 aromatic carbocycles. The van der Waals surface area contributed by atoms with Crippen LogP contribution >= 0.6 is 0 Å². The molecular weight excluding hydrogens is 208 g/mol. The molecule has 1 aliphatic heterocycles. The van der Waals surface area contributed by atoms with Gasteiger partial charge in [-0.15, -0.1) is 0 Å². The van der Waals surface area contributed by atoms with Gasteiger partial charge in [-0.2, -0.15) is 0 Å². The van der Waals surface area contributed by atoms with Crippen LogP contribution in [0.1, 0.15) is 20.3 Å². The first kappa shape index (κ1) is 12.6. The van der Waals surface area contributed by atoms with Gasteiger partial charge in [-0.1, -0.05) is 6.92 Å². The molecule has 5 nitrogen and oxygen atoms in total. The molecule has 1 rings (SSSR count). The second-order valence-electron chi connectivity index (χ2n) is 3.90. The number of methoxy groups -OCH3 is 1. The Bertz CT molecular complexity index is 360. The minimum Gasteiger partial charge on any atom is -0.464 e. The lowest BCUT2D eigenvalue weighted by Gasteiger charge is -2.23. The van der Waals surface area contributed by atoms with Crippen molar-refractivity contribution in [3.8, 4) is 0 Å². The van der Waals surface area contributed by atoms with Gasteiger partial charge in [0.05, 0.1) is 19.3 Å². The van der Waals surface area contributed by atoms with Crippen molar-refractivity contribution in [2.24, 2.45) is 11.5 Å². The van der Waals surface area contributed by atoms with E-state index in [1.807, 2.05) is 13.8 Å². The third-order valence-corrected chi connectivity index (χ3v) is 2.86. The van der Waals surface area contributed by atoms with Crippen molar-refractivity contribution >= 4 is 5.97 Å². The molecule has 0 spiro atoms. The number of hydrogen-bond acceptors (Lipinski definition) is 5. The van der Waals surface area contributed by atoms with Gasteiger partial charge in [0.25, 0.3) is 0 Å². The van der Waals surface area contributed by atoms with Crippen molar-refractivity contribution in [3.63, 3.8) is 0 Å². The summed E-state index contributed by atoms with van der Waals surface area (Å²) >= 11 is 0. The molecule has 5 heteroatoms. The smallest absolute Gasteiger partial charge is 0.353 e. The lowest BCUT2D eigenvalue weighted by atomic mass is 9.92. The Labute approximate surface area is 95.1 Å². The van der Waals surface area contributed by atoms with Crippen LogP contribution in [-0.4, -0.2) is 25.3 Å². The normalized spacial score (nSPS) is 26.1. The predicted octanol–water partition coefficient (Wildman–Crippen LogP) is 0.414. The number of hydrogen-bond donors (Lipinski definition) is 2. The van der Waals surface area contributed by atoms with Crippen molar-refractivity contribution < 1.29 is 14.3 Å². The number of ether oxygens (including phenoxy) is 2. The summed E-state index contributed by atoms with van der Waals surface area (Å²) < 4.78 is 10.1. The zero-order valence-electron chi connectivity index (χ0n) is 9.87. The summed E-state index contributed by atoms with van der Waals surface area (Å²) in [6.45, 7) is 4.27. The lowest BCUT2D eigenvalue weighted by Crippen LogP contribution is -2.26. The monoisotopic (exact) mass is 226 g/mol. The van der Waals surface area contributed by atoms with Gasteiger partial charge in [-0.25, -0.2) is 4.79 Å². The van der Waals surface area contributed by atoms with Gasteiger partial charge in [0.1, 0.15) is 5.70 Å². The maximum absolute atomic E-state index is 11.2. The minimum atomic E-state index is -0.564. The minimum absolute atomic E-state index is 0.0330. The van der Waals surface area contributed by atoms with E-state index in [0.29, 0.717) is 12.3 Å². The van der Waals surface area contributed by atoms with Gasteiger partial charge in [-0.05, 0) is 19.4 Å². The van der Waals surface area contributed by atoms with Gasteiger partial charge in [-0.3, -0.25) is 0 Å². The number of nitrogens with two attached hydrogens (primary N) is 2. The summed E-state index contributed by atoms with van der Waals surface area (Å²) in [5, 5.41) is 0. The number of carbonyl (C=O) groups excluding carboxylic acids is 1. The molecule has 0 radical (unpaired) electrons.